The van der Waals surface area contributed by atoms with Crippen LogP contribution >= 0.6 is 15.9 Å². The van der Waals surface area contributed by atoms with Gasteiger partial charge in [-0.05, 0) is 41.1 Å². The van der Waals surface area contributed by atoms with Gasteiger partial charge in [0.2, 0.25) is 0 Å². The van der Waals surface area contributed by atoms with Crippen molar-refractivity contribution in [2.24, 2.45) is 10.9 Å². The van der Waals surface area contributed by atoms with Crippen molar-refractivity contribution in [2.75, 3.05) is 0 Å². The van der Waals surface area contributed by atoms with Gasteiger partial charge in [0.1, 0.15) is 5.82 Å². The van der Waals surface area contributed by atoms with Crippen molar-refractivity contribution >= 4 is 27.7 Å². The summed E-state index contributed by atoms with van der Waals surface area (Å²) in [6.07, 6.45) is 0. The van der Waals surface area contributed by atoms with E-state index < -0.39 is 17.8 Å². The number of nitrogens with two attached hydrogens (primary N) is 1. The van der Waals surface area contributed by atoms with E-state index in [-0.39, 0.29) is 11.4 Å². The number of oxime groups is 1. The molecule has 92 valence electrons. The predicted octanol–water partition coefficient (Wildman–Crippen LogP) is 1.45. The first kappa shape index (κ1) is 13.4. The third-order valence-corrected chi connectivity index (χ3v) is 2.74. The second kappa shape index (κ2) is 5.62. The van der Waals surface area contributed by atoms with Crippen molar-refractivity contribution in [3.8, 4) is 0 Å². The van der Waals surface area contributed by atoms with E-state index in [0.29, 0.717) is 4.47 Å². The Morgan fingerprint density at radius 2 is 2.29 bits per heavy atom. The first-order valence-corrected chi connectivity index (χ1v) is 5.48. The molecule has 0 spiro atoms. The smallest absolute Gasteiger partial charge is 0.253 e. The first-order valence-electron chi connectivity index (χ1n) is 4.69. The number of nitrogens with one attached hydrogen (secondary N) is 1. The van der Waals surface area contributed by atoms with Gasteiger partial charge in [0, 0.05) is 4.47 Å². The predicted molar refractivity (Wildman–Crippen MR) is 64.4 cm³/mol. The molecule has 17 heavy (non-hydrogen) atoms. The molecule has 1 atom stereocenters. The van der Waals surface area contributed by atoms with Crippen LogP contribution in [0.4, 0.5) is 4.39 Å². The zero-order valence-electron chi connectivity index (χ0n) is 8.95. The molecule has 0 aliphatic heterocycles. The third kappa shape index (κ3) is 3.42. The van der Waals surface area contributed by atoms with Crippen LogP contribution in [0, 0.1) is 5.82 Å². The van der Waals surface area contributed by atoms with Crippen molar-refractivity contribution in [3.05, 3.63) is 34.1 Å². The molecule has 1 unspecified atom stereocenters. The van der Waals surface area contributed by atoms with Crippen molar-refractivity contribution < 1.29 is 14.4 Å². The van der Waals surface area contributed by atoms with Gasteiger partial charge in [-0.2, -0.15) is 0 Å². The minimum absolute atomic E-state index is 0.114. The number of amidine groups is 1. The number of hydrogen-bond acceptors (Lipinski definition) is 3. The minimum atomic E-state index is -0.621. The highest BCUT2D eigenvalue weighted by molar-refractivity contribution is 9.10. The zero-order chi connectivity index (χ0) is 13.0. The molecule has 1 aromatic rings. The average molecular weight is 304 g/mol. The summed E-state index contributed by atoms with van der Waals surface area (Å²) in [4.78, 5) is 11.8. The summed E-state index contributed by atoms with van der Waals surface area (Å²) in [7, 11) is 0. The third-order valence-electron chi connectivity index (χ3n) is 2.08. The highest BCUT2D eigenvalue weighted by atomic mass is 79.9. The maximum absolute atomic E-state index is 12.8. The number of halogens is 2. The van der Waals surface area contributed by atoms with Crippen molar-refractivity contribution in [1.29, 1.82) is 0 Å². The van der Waals surface area contributed by atoms with Gasteiger partial charge in [-0.1, -0.05) is 5.16 Å². The van der Waals surface area contributed by atoms with E-state index in [2.05, 4.69) is 26.4 Å². The molecule has 0 heterocycles. The maximum Gasteiger partial charge on any atom is 0.253 e. The van der Waals surface area contributed by atoms with Crippen molar-refractivity contribution in [2.45, 2.75) is 13.0 Å². The van der Waals surface area contributed by atoms with E-state index in [1.807, 2.05) is 0 Å². The summed E-state index contributed by atoms with van der Waals surface area (Å²) < 4.78 is 13.2. The van der Waals surface area contributed by atoms with Gasteiger partial charge < -0.3 is 16.3 Å². The van der Waals surface area contributed by atoms with Crippen molar-refractivity contribution in [1.82, 2.24) is 5.32 Å². The second-order valence-corrected chi connectivity index (χ2v) is 4.20. The highest BCUT2D eigenvalue weighted by Gasteiger charge is 2.15. The number of nitrogens with zero attached hydrogens (tertiary/aromatic N) is 1. The maximum atomic E-state index is 12.8. The number of benzene rings is 1. The van der Waals surface area contributed by atoms with Gasteiger partial charge in [-0.25, -0.2) is 4.39 Å². The number of amides is 1. The van der Waals surface area contributed by atoms with E-state index in [1.165, 1.54) is 18.2 Å². The Kier molecular flexibility index (Phi) is 4.45. The lowest BCUT2D eigenvalue weighted by Crippen LogP contribution is -2.42. The van der Waals surface area contributed by atoms with Gasteiger partial charge in [-0.3, -0.25) is 4.79 Å². The normalized spacial score (nSPS) is 13.2. The van der Waals surface area contributed by atoms with Crippen LogP contribution in [0.1, 0.15) is 17.3 Å². The molecule has 0 aliphatic carbocycles. The van der Waals surface area contributed by atoms with Gasteiger partial charge in [0.05, 0.1) is 11.6 Å². The number of rotatable bonds is 3. The van der Waals surface area contributed by atoms with Crippen LogP contribution in [0.3, 0.4) is 0 Å². The second-order valence-electron chi connectivity index (χ2n) is 3.34. The monoisotopic (exact) mass is 303 g/mol. The lowest BCUT2D eigenvalue weighted by molar-refractivity contribution is 0.0948. The average Bonchev–Trinajstić information content (AvgIpc) is 2.27. The Labute approximate surface area is 106 Å². The molecular formula is C10H11BrFN3O2. The summed E-state index contributed by atoms with van der Waals surface area (Å²) in [5.74, 6) is -1.01. The molecule has 1 rings (SSSR count). The Balaban J connectivity index is 2.84. The molecule has 0 fully saturated rings. The Bertz CT molecular complexity index is 465. The van der Waals surface area contributed by atoms with Crippen LogP contribution in [-0.4, -0.2) is 23.0 Å². The van der Waals surface area contributed by atoms with Gasteiger partial charge in [0.25, 0.3) is 5.91 Å². The van der Waals surface area contributed by atoms with Gasteiger partial charge in [-0.15, -0.1) is 0 Å². The zero-order valence-corrected chi connectivity index (χ0v) is 10.5. The van der Waals surface area contributed by atoms with E-state index >= 15 is 0 Å². The minimum Gasteiger partial charge on any atom is -0.409 e. The molecule has 0 saturated carbocycles. The molecule has 0 saturated heterocycles. The molecule has 0 aromatic heterocycles. The largest absolute Gasteiger partial charge is 0.409 e. The molecular weight excluding hydrogens is 293 g/mol. The summed E-state index contributed by atoms with van der Waals surface area (Å²) >= 11 is 3.08. The van der Waals surface area contributed by atoms with Gasteiger partial charge in [0.15, 0.2) is 5.84 Å². The molecule has 0 bridgehead atoms. The summed E-state index contributed by atoms with van der Waals surface area (Å²) in [6.45, 7) is 1.56. The molecule has 1 amide bonds. The van der Waals surface area contributed by atoms with Crippen molar-refractivity contribution in [3.63, 3.8) is 0 Å². The lowest BCUT2D eigenvalue weighted by atomic mass is 10.2. The SMILES string of the molecule is CC(NC(=O)c1ccc(F)cc1Br)/C(N)=N/O. The topological polar surface area (TPSA) is 87.7 Å². The van der Waals surface area contributed by atoms with Gasteiger partial charge >= 0.3 is 0 Å². The molecule has 0 radical (unpaired) electrons. The summed E-state index contributed by atoms with van der Waals surface area (Å²) in [6, 6.07) is 3.08. The van der Waals surface area contributed by atoms with Crippen LogP contribution in [0.15, 0.2) is 27.8 Å². The quantitative estimate of drug-likeness (QED) is 0.342. The molecule has 1 aromatic carbocycles. The van der Waals surface area contributed by atoms with E-state index in [4.69, 9.17) is 10.9 Å². The Hall–Kier alpha value is -1.63. The fourth-order valence-corrected chi connectivity index (χ4v) is 1.64. The lowest BCUT2D eigenvalue weighted by Gasteiger charge is -2.12. The summed E-state index contributed by atoms with van der Waals surface area (Å²) in [5.41, 5.74) is 5.59. The summed E-state index contributed by atoms with van der Waals surface area (Å²) in [5, 5.41) is 13.7. The molecule has 5 nitrogen and oxygen atoms in total. The van der Waals surface area contributed by atoms with E-state index in [0.717, 1.165) is 0 Å². The number of carbonyl (C=O) groups excluding carboxylic acids is 1. The Morgan fingerprint density at radius 1 is 1.65 bits per heavy atom. The first-order chi connectivity index (χ1) is 7.95. The number of hydrogen-bond donors (Lipinski definition) is 3. The van der Waals surface area contributed by atoms with E-state index in [9.17, 15) is 9.18 Å². The van der Waals surface area contributed by atoms with Crippen LogP contribution < -0.4 is 11.1 Å². The fourth-order valence-electron chi connectivity index (χ4n) is 1.11. The van der Waals surface area contributed by atoms with Crippen LogP contribution in [-0.2, 0) is 0 Å². The van der Waals surface area contributed by atoms with E-state index in [1.54, 1.807) is 6.92 Å². The molecule has 4 N–H and O–H groups in total. The fraction of sp³-hybridized carbons (Fsp3) is 0.200. The molecule has 7 heteroatoms. The van der Waals surface area contributed by atoms with Crippen LogP contribution in [0.25, 0.3) is 0 Å². The van der Waals surface area contributed by atoms with Crippen LogP contribution in [0.2, 0.25) is 0 Å². The number of carbonyl (C=O) groups is 1. The standard InChI is InChI=1S/C10H11BrFN3O2/c1-5(9(13)15-17)14-10(16)7-3-2-6(12)4-8(7)11/h2-5,17H,1H3,(H2,13,15)(H,14,16). The highest BCUT2D eigenvalue weighted by Crippen LogP contribution is 2.17. The molecule has 0 aliphatic rings. The van der Waals surface area contributed by atoms with Crippen LogP contribution in [0.5, 0.6) is 0 Å². The Morgan fingerprint density at radius 3 is 2.82 bits per heavy atom.